The van der Waals surface area contributed by atoms with E-state index in [-0.39, 0.29) is 17.0 Å². The predicted octanol–water partition coefficient (Wildman–Crippen LogP) is 5.79. The largest absolute Gasteiger partial charge is 0.478 e. The lowest BCUT2D eigenvalue weighted by Crippen LogP contribution is -2.32. The Kier molecular flexibility index (Phi) is 5.70. The van der Waals surface area contributed by atoms with E-state index in [1.807, 2.05) is 73.7 Å². The number of benzene rings is 4. The van der Waals surface area contributed by atoms with Crippen LogP contribution in [-0.4, -0.2) is 24.5 Å². The molecule has 7 heteroatoms. The Bertz CT molecular complexity index is 1670. The van der Waals surface area contributed by atoms with E-state index in [4.69, 9.17) is 0 Å². The Labute approximate surface area is 203 Å². The van der Waals surface area contributed by atoms with Gasteiger partial charge in [-0.1, -0.05) is 66.7 Å². The molecule has 0 radical (unpaired) electrons. The molecular formula is C28H22N2O4S. The Morgan fingerprint density at radius 1 is 0.829 bits per heavy atom. The van der Waals surface area contributed by atoms with Crippen molar-refractivity contribution >= 4 is 43.4 Å². The Morgan fingerprint density at radius 3 is 2.17 bits per heavy atom. The molecule has 0 fully saturated rings. The van der Waals surface area contributed by atoms with Crippen LogP contribution in [0.2, 0.25) is 0 Å². The highest BCUT2D eigenvalue weighted by Gasteiger charge is 2.29. The van der Waals surface area contributed by atoms with Crippen LogP contribution in [-0.2, 0) is 16.6 Å². The van der Waals surface area contributed by atoms with Crippen molar-refractivity contribution in [3.63, 3.8) is 0 Å². The number of aromatic nitrogens is 1. The van der Waals surface area contributed by atoms with Crippen molar-refractivity contribution in [2.24, 2.45) is 0 Å². The molecule has 0 amide bonds. The van der Waals surface area contributed by atoms with E-state index >= 15 is 0 Å². The molecule has 0 unspecified atom stereocenters. The van der Waals surface area contributed by atoms with E-state index in [0.717, 1.165) is 32.7 Å². The van der Waals surface area contributed by atoms with Crippen molar-refractivity contribution in [1.29, 1.82) is 0 Å². The quantitative estimate of drug-likeness (QED) is 0.331. The number of nitrogens with zero attached hydrogens (tertiary/aromatic N) is 2. The molecule has 6 nitrogen and oxygen atoms in total. The zero-order valence-electron chi connectivity index (χ0n) is 18.9. The second-order valence-electron chi connectivity index (χ2n) is 8.27. The lowest BCUT2D eigenvalue weighted by Gasteiger charge is -2.26. The van der Waals surface area contributed by atoms with E-state index in [1.54, 1.807) is 6.20 Å². The van der Waals surface area contributed by atoms with Crippen molar-refractivity contribution in [3.8, 4) is 0 Å². The first-order chi connectivity index (χ1) is 16.9. The molecule has 1 aromatic heterocycles. The molecule has 1 heterocycles. The van der Waals surface area contributed by atoms with Gasteiger partial charge in [0.05, 0.1) is 17.0 Å². The third-order valence-electron chi connectivity index (χ3n) is 6.15. The molecule has 0 aliphatic heterocycles. The maximum absolute atomic E-state index is 14.0. The molecule has 0 atom stereocenters. The van der Waals surface area contributed by atoms with Crippen LogP contribution in [0.5, 0.6) is 0 Å². The zero-order valence-corrected chi connectivity index (χ0v) is 19.7. The van der Waals surface area contributed by atoms with Gasteiger partial charge in [-0.25, -0.2) is 22.5 Å². The van der Waals surface area contributed by atoms with Crippen molar-refractivity contribution in [2.45, 2.75) is 18.4 Å². The average Bonchev–Trinajstić information content (AvgIpc) is 2.88. The van der Waals surface area contributed by atoms with Crippen molar-refractivity contribution < 1.29 is 18.3 Å². The van der Waals surface area contributed by atoms with Crippen LogP contribution in [0.3, 0.4) is 0 Å². The highest BCUT2D eigenvalue weighted by molar-refractivity contribution is 7.92. The summed E-state index contributed by atoms with van der Waals surface area (Å²) in [6, 6.07) is 26.6. The van der Waals surface area contributed by atoms with Crippen LogP contribution >= 0.6 is 0 Å². The lowest BCUT2D eigenvalue weighted by atomic mass is 10.0. The summed E-state index contributed by atoms with van der Waals surface area (Å²) in [4.78, 5) is 15.9. The maximum Gasteiger partial charge on any atom is 0.335 e. The first-order valence-electron chi connectivity index (χ1n) is 11.0. The lowest BCUT2D eigenvalue weighted by molar-refractivity contribution is 0.0696. The number of hydrogen-bond donors (Lipinski definition) is 1. The molecule has 0 spiro atoms. The first-order valence-corrected chi connectivity index (χ1v) is 12.5. The zero-order chi connectivity index (χ0) is 24.6. The van der Waals surface area contributed by atoms with Crippen LogP contribution in [0.1, 0.15) is 21.5 Å². The van der Waals surface area contributed by atoms with Crippen LogP contribution in [0.25, 0.3) is 21.5 Å². The van der Waals surface area contributed by atoms with Gasteiger partial charge in [0.15, 0.2) is 0 Å². The molecule has 4 aromatic carbocycles. The maximum atomic E-state index is 14.0. The SMILES string of the molecule is Cc1c(N(Cc2cccc3ccccc23)S(=O)(=O)c2ccc(C(=O)O)cc2)ncc2ccccc12. The number of aryl methyl sites for hydroxylation is 1. The summed E-state index contributed by atoms with van der Waals surface area (Å²) in [5.41, 5.74) is 1.60. The van der Waals surface area contributed by atoms with Crippen molar-refractivity contribution in [1.82, 2.24) is 4.98 Å². The topological polar surface area (TPSA) is 87.6 Å². The van der Waals surface area contributed by atoms with Gasteiger partial charge in [-0.15, -0.1) is 0 Å². The minimum absolute atomic E-state index is 0.00269. The number of sulfonamides is 1. The van der Waals surface area contributed by atoms with Gasteiger partial charge in [0.25, 0.3) is 10.0 Å². The summed E-state index contributed by atoms with van der Waals surface area (Å²) in [6.07, 6.45) is 1.68. The number of pyridine rings is 1. The van der Waals surface area contributed by atoms with Gasteiger partial charge in [-0.2, -0.15) is 0 Å². The number of aromatic carboxylic acids is 1. The standard InChI is InChI=1S/C28H22N2O4S/c1-19-25-11-4-3-8-22(25)17-29-27(19)30(18-23-10-6-9-20-7-2-5-12-26(20)23)35(33,34)24-15-13-21(14-16-24)28(31)32/h2-17H,18H2,1H3,(H,31,32). The van der Waals surface area contributed by atoms with Gasteiger partial charge < -0.3 is 5.11 Å². The summed E-state index contributed by atoms with van der Waals surface area (Å²) in [5, 5.41) is 13.0. The number of hydrogen-bond acceptors (Lipinski definition) is 4. The Balaban J connectivity index is 1.70. The van der Waals surface area contributed by atoms with Gasteiger partial charge in [-0.05, 0) is 52.9 Å². The predicted molar refractivity (Wildman–Crippen MR) is 137 cm³/mol. The summed E-state index contributed by atoms with van der Waals surface area (Å²) >= 11 is 0. The normalized spacial score (nSPS) is 11.6. The molecule has 0 bridgehead atoms. The molecule has 0 saturated carbocycles. The number of carbonyl (C=O) groups is 1. The molecule has 0 aliphatic carbocycles. The molecule has 5 aromatic rings. The number of carboxylic acids is 1. The first kappa shape index (κ1) is 22.6. The van der Waals surface area contributed by atoms with Gasteiger partial charge in [0, 0.05) is 17.1 Å². The highest BCUT2D eigenvalue weighted by atomic mass is 32.2. The second-order valence-corrected chi connectivity index (χ2v) is 10.1. The third kappa shape index (κ3) is 4.11. The number of anilines is 1. The smallest absolute Gasteiger partial charge is 0.335 e. The fraction of sp³-hybridized carbons (Fsp3) is 0.0714. The van der Waals surface area contributed by atoms with Gasteiger partial charge >= 0.3 is 5.97 Å². The summed E-state index contributed by atoms with van der Waals surface area (Å²) in [6.45, 7) is 1.93. The van der Waals surface area contributed by atoms with Crippen molar-refractivity contribution in [2.75, 3.05) is 4.31 Å². The summed E-state index contributed by atoms with van der Waals surface area (Å²) in [5.74, 6) is -0.785. The van der Waals surface area contributed by atoms with E-state index in [0.29, 0.717) is 5.82 Å². The summed E-state index contributed by atoms with van der Waals surface area (Å²) in [7, 11) is -4.08. The fourth-order valence-electron chi connectivity index (χ4n) is 4.31. The number of rotatable bonds is 6. The molecule has 5 rings (SSSR count). The Hall–Kier alpha value is -4.23. The average molecular weight is 483 g/mol. The highest BCUT2D eigenvalue weighted by Crippen LogP contribution is 2.32. The monoisotopic (exact) mass is 482 g/mol. The van der Waals surface area contributed by atoms with Crippen molar-refractivity contribution in [3.05, 3.63) is 114 Å². The van der Waals surface area contributed by atoms with E-state index in [9.17, 15) is 18.3 Å². The number of fused-ring (bicyclic) bond motifs is 2. The minimum atomic E-state index is -4.08. The van der Waals surface area contributed by atoms with Crippen LogP contribution in [0.4, 0.5) is 5.82 Å². The summed E-state index contributed by atoms with van der Waals surface area (Å²) < 4.78 is 29.3. The molecule has 0 aliphatic rings. The van der Waals surface area contributed by atoms with Gasteiger partial charge in [0.2, 0.25) is 0 Å². The molecule has 35 heavy (non-hydrogen) atoms. The van der Waals surface area contributed by atoms with E-state index in [2.05, 4.69) is 4.98 Å². The molecule has 174 valence electrons. The van der Waals surface area contributed by atoms with Gasteiger partial charge in [0.1, 0.15) is 5.82 Å². The van der Waals surface area contributed by atoms with Crippen LogP contribution in [0, 0.1) is 6.92 Å². The van der Waals surface area contributed by atoms with E-state index in [1.165, 1.54) is 28.6 Å². The molecule has 0 saturated heterocycles. The Morgan fingerprint density at radius 2 is 1.46 bits per heavy atom. The third-order valence-corrected chi connectivity index (χ3v) is 7.90. The number of carboxylic acid groups (broad SMARTS) is 1. The molecule has 1 N–H and O–H groups in total. The van der Waals surface area contributed by atoms with Crippen LogP contribution in [0.15, 0.2) is 102 Å². The second kappa shape index (κ2) is 8.85. The van der Waals surface area contributed by atoms with Crippen LogP contribution < -0.4 is 4.31 Å². The molecular weight excluding hydrogens is 460 g/mol. The van der Waals surface area contributed by atoms with Gasteiger partial charge in [-0.3, -0.25) is 0 Å². The minimum Gasteiger partial charge on any atom is -0.478 e. The van der Waals surface area contributed by atoms with E-state index < -0.39 is 16.0 Å². The fourth-order valence-corrected chi connectivity index (χ4v) is 5.76.